The number of carbonyl (C=O) groups is 1. The molecule has 25 nitrogen and oxygen atoms in total. The van der Waals surface area contributed by atoms with E-state index < -0.39 is 77.0 Å². The van der Waals surface area contributed by atoms with E-state index in [0.29, 0.717) is 34.7 Å². The van der Waals surface area contributed by atoms with Crippen LogP contribution in [-0.2, 0) is 42.5 Å². The lowest BCUT2D eigenvalue weighted by molar-refractivity contribution is -0.0946. The standard InChI is InChI=1S/C55H59N11O14P2/c1-34(2)28-57-54-63-51-48(53(68)64-54)61-33-66(51)46-27-42(43(77-46)29-74-55(36-14-9-6-10-15-36,37-16-20-39(72-3)21-17-37)38-18-22-40(73-4)23-19-38)80-82(71,75-25-11-24-56)76-30-44-41(79-81(69)70)26-45(78-44)65-32-60-47-49(58-31-59-50(47)65)62-52(67)35-12-7-5-8-13-35/h5-10,12-23,31-34,41-46,69-70H,11,25-30H2,1-4H3,(H2,57,63,64,68)(H,58,59,62,67)/t41-,42-,43+,44+,45+,46+,82?/m0/s1. The van der Waals surface area contributed by atoms with Crippen LogP contribution in [-0.4, -0.2) is 120 Å². The molecule has 0 bridgehead atoms. The van der Waals surface area contributed by atoms with Gasteiger partial charge >= 0.3 is 16.4 Å². The monoisotopic (exact) mass is 1160 g/mol. The van der Waals surface area contributed by atoms with Crippen molar-refractivity contribution in [2.75, 3.05) is 51.2 Å². The highest BCUT2D eigenvalue weighted by Gasteiger charge is 2.48. The number of nitrogens with zero attached hydrogens (tertiary/aromatic N) is 8. The molecule has 2 fully saturated rings. The molecule has 0 spiro atoms. The number of hydrogen-bond acceptors (Lipinski definition) is 21. The molecule has 0 aliphatic carbocycles. The highest BCUT2D eigenvalue weighted by atomic mass is 31.2. The molecular weight excluding hydrogens is 1100 g/mol. The van der Waals surface area contributed by atoms with Gasteiger partial charge in [-0.15, -0.1) is 0 Å². The predicted octanol–water partition coefficient (Wildman–Crippen LogP) is 7.92. The fraction of sp³-hybridized carbons (Fsp3) is 0.345. The maximum absolute atomic E-state index is 15.4. The zero-order valence-corrected chi connectivity index (χ0v) is 46.7. The Bertz CT molecular complexity index is 3560. The SMILES string of the molecule is COc1ccc(C(OC[C@H]2O[C@@H](n3cnc4c(=O)[nH]c(NCC(C)C)nc43)C[C@@H]2OP(=O)(OCCC#N)OC[C@H]2O[C@@H](n3cnc4c(NC(=O)c5ccccc5)ncnc43)C[C@@H]2OP(O)O)(c2ccccc2)c2ccc(OC)cc2)cc1. The van der Waals surface area contributed by atoms with E-state index >= 15 is 4.57 Å². The number of rotatable bonds is 25. The fourth-order valence-corrected chi connectivity index (χ4v) is 11.6. The third-order valence-corrected chi connectivity index (χ3v) is 15.7. The van der Waals surface area contributed by atoms with Crippen LogP contribution in [0, 0.1) is 17.2 Å². The van der Waals surface area contributed by atoms with Crippen molar-refractivity contribution < 1.29 is 60.9 Å². The summed E-state index contributed by atoms with van der Waals surface area (Å²) in [6.45, 7) is 3.34. The number of imidazole rings is 2. The lowest BCUT2D eigenvalue weighted by atomic mass is 9.80. The summed E-state index contributed by atoms with van der Waals surface area (Å²) < 4.78 is 74.4. The molecule has 428 valence electrons. The van der Waals surface area contributed by atoms with Crippen molar-refractivity contribution in [3.05, 3.63) is 161 Å². The lowest BCUT2D eigenvalue weighted by Gasteiger charge is -2.37. The normalized spacial score (nSPS) is 19.8. The van der Waals surface area contributed by atoms with Gasteiger partial charge in [-0.25, -0.2) is 24.5 Å². The Hall–Kier alpha value is -7.56. The average Bonchev–Trinajstić information content (AvgIpc) is 4.42. The summed E-state index contributed by atoms with van der Waals surface area (Å²) in [6, 6.07) is 35.0. The van der Waals surface area contributed by atoms with Crippen LogP contribution in [0.4, 0.5) is 11.8 Å². The predicted molar refractivity (Wildman–Crippen MR) is 297 cm³/mol. The Morgan fingerprint density at radius 2 is 1.40 bits per heavy atom. The van der Waals surface area contributed by atoms with Crippen LogP contribution in [0.5, 0.6) is 11.5 Å². The molecule has 6 heterocycles. The molecule has 4 aromatic heterocycles. The molecule has 1 unspecified atom stereocenters. The summed E-state index contributed by atoms with van der Waals surface area (Å²) >= 11 is 0. The van der Waals surface area contributed by atoms with E-state index in [2.05, 4.69) is 35.6 Å². The molecule has 8 aromatic rings. The number of ether oxygens (including phenoxy) is 5. The van der Waals surface area contributed by atoms with E-state index in [1.165, 1.54) is 19.0 Å². The van der Waals surface area contributed by atoms with Crippen LogP contribution in [0.25, 0.3) is 22.3 Å². The summed E-state index contributed by atoms with van der Waals surface area (Å²) in [5, 5.41) is 15.6. The highest BCUT2D eigenvalue weighted by molar-refractivity contribution is 7.48. The zero-order valence-electron chi connectivity index (χ0n) is 44.9. The third kappa shape index (κ3) is 12.7. The van der Waals surface area contributed by atoms with Crippen molar-refractivity contribution in [2.24, 2.45) is 5.92 Å². The molecule has 82 heavy (non-hydrogen) atoms. The van der Waals surface area contributed by atoms with Gasteiger partial charge in [0.05, 0.1) is 65.3 Å². The summed E-state index contributed by atoms with van der Waals surface area (Å²) in [7, 11) is -4.61. The van der Waals surface area contributed by atoms with Gasteiger partial charge in [0.25, 0.3) is 11.5 Å². The molecule has 0 saturated carbocycles. The Balaban J connectivity index is 0.977. The number of fused-ring (bicyclic) bond motifs is 2. The van der Waals surface area contributed by atoms with Crippen molar-refractivity contribution in [3.8, 4) is 17.6 Å². The first-order valence-electron chi connectivity index (χ1n) is 26.1. The van der Waals surface area contributed by atoms with Gasteiger partial charge in [-0.3, -0.25) is 37.3 Å². The van der Waals surface area contributed by atoms with Gasteiger partial charge < -0.3 is 48.6 Å². The van der Waals surface area contributed by atoms with Crippen molar-refractivity contribution in [1.29, 1.82) is 5.26 Å². The minimum atomic E-state index is -4.81. The van der Waals surface area contributed by atoms with Crippen molar-refractivity contribution in [2.45, 2.75) is 75.6 Å². The van der Waals surface area contributed by atoms with E-state index in [0.717, 1.165) is 5.56 Å². The van der Waals surface area contributed by atoms with Gasteiger partial charge in [-0.1, -0.05) is 86.6 Å². The first kappa shape index (κ1) is 57.7. The second-order valence-corrected chi connectivity index (χ2v) is 21.8. The zero-order chi connectivity index (χ0) is 57.4. The minimum absolute atomic E-state index is 0.0108. The Morgan fingerprint density at radius 1 is 0.805 bits per heavy atom. The number of aromatic nitrogens is 8. The Labute approximate surface area is 471 Å². The second kappa shape index (κ2) is 25.7. The summed E-state index contributed by atoms with van der Waals surface area (Å²) in [5.74, 6) is 1.37. The number of H-pyrrole nitrogens is 1. The third-order valence-electron chi connectivity index (χ3n) is 13.7. The Morgan fingerprint density at radius 3 is 2.02 bits per heavy atom. The maximum atomic E-state index is 15.4. The number of nitrogens with one attached hydrogen (secondary N) is 3. The fourth-order valence-electron chi connectivity index (χ4n) is 9.74. The molecule has 7 atom stereocenters. The quantitative estimate of drug-likeness (QED) is 0.0206. The van der Waals surface area contributed by atoms with E-state index in [1.54, 1.807) is 53.7 Å². The number of anilines is 2. The molecule has 0 radical (unpaired) electrons. The van der Waals surface area contributed by atoms with Crippen molar-refractivity contribution >= 4 is 56.4 Å². The topological polar surface area (TPSA) is 313 Å². The number of phosphoric ester groups is 1. The molecule has 1 amide bonds. The largest absolute Gasteiger partial charge is 0.497 e. The van der Waals surface area contributed by atoms with Crippen LogP contribution in [0.3, 0.4) is 0 Å². The number of hydrogen-bond donors (Lipinski definition) is 5. The van der Waals surface area contributed by atoms with Crippen molar-refractivity contribution in [1.82, 2.24) is 39.0 Å². The molecular formula is C55H59N11O14P2. The van der Waals surface area contributed by atoms with Gasteiger partial charge in [-0.2, -0.15) is 10.2 Å². The maximum Gasteiger partial charge on any atom is 0.475 e. The molecule has 10 rings (SSSR count). The van der Waals surface area contributed by atoms with E-state index in [-0.39, 0.29) is 72.5 Å². The second-order valence-electron chi connectivity index (χ2n) is 19.4. The minimum Gasteiger partial charge on any atom is -0.497 e. The Kier molecular flexibility index (Phi) is 18.1. The number of nitriles is 1. The smallest absolute Gasteiger partial charge is 0.475 e. The van der Waals surface area contributed by atoms with Crippen LogP contribution in [0.2, 0.25) is 0 Å². The number of benzene rings is 4. The van der Waals surface area contributed by atoms with Crippen LogP contribution in [0.1, 0.15) is 72.6 Å². The highest BCUT2D eigenvalue weighted by Crippen LogP contribution is 2.55. The summed E-state index contributed by atoms with van der Waals surface area (Å²) in [5.41, 5.74) is 1.45. The van der Waals surface area contributed by atoms with Crippen LogP contribution >= 0.6 is 16.4 Å². The molecule has 2 aliphatic heterocycles. The molecule has 5 N–H and O–H groups in total. The van der Waals surface area contributed by atoms with Crippen molar-refractivity contribution in [3.63, 3.8) is 0 Å². The number of methoxy groups -OCH3 is 2. The van der Waals surface area contributed by atoms with Gasteiger partial charge in [0.1, 0.15) is 54.2 Å². The first-order valence-corrected chi connectivity index (χ1v) is 28.7. The molecule has 2 saturated heterocycles. The first-order chi connectivity index (χ1) is 39.8. The van der Waals surface area contributed by atoms with Gasteiger partial charge in [0.2, 0.25) is 5.95 Å². The number of phosphoric acid groups is 1. The summed E-state index contributed by atoms with van der Waals surface area (Å²) in [4.78, 5) is 71.9. The van der Waals surface area contributed by atoms with Crippen LogP contribution in [0.15, 0.2) is 133 Å². The van der Waals surface area contributed by atoms with E-state index in [1.807, 2.05) is 98.8 Å². The number of amides is 1. The lowest BCUT2D eigenvalue weighted by Crippen LogP contribution is -2.38. The van der Waals surface area contributed by atoms with Crippen LogP contribution < -0.4 is 25.7 Å². The van der Waals surface area contributed by atoms with Gasteiger partial charge in [0, 0.05) is 24.9 Å². The number of carbonyl (C=O) groups excluding carboxylic acids is 1. The average molecular weight is 1160 g/mol. The molecule has 2 aliphatic rings. The van der Waals surface area contributed by atoms with E-state index in [4.69, 9.17) is 46.8 Å². The molecule has 4 aromatic carbocycles. The van der Waals surface area contributed by atoms with E-state index in [9.17, 15) is 24.6 Å². The molecule has 27 heteroatoms. The van der Waals surface area contributed by atoms with Gasteiger partial charge in [0.15, 0.2) is 28.1 Å². The van der Waals surface area contributed by atoms with Gasteiger partial charge in [-0.05, 0) is 59.0 Å². The summed E-state index contributed by atoms with van der Waals surface area (Å²) in [6.07, 6.45) is -2.58. The number of aromatic amines is 1.